The summed E-state index contributed by atoms with van der Waals surface area (Å²) in [6.07, 6.45) is 3.06. The first-order chi connectivity index (χ1) is 39.3. The minimum atomic E-state index is -4.57. The highest BCUT2D eigenvalue weighted by Crippen LogP contribution is 2.67. The molecule has 2 aromatic heterocycles. The van der Waals surface area contributed by atoms with E-state index >= 15 is 16.8 Å². The van der Waals surface area contributed by atoms with Gasteiger partial charge in [0, 0.05) is 56.0 Å². The maximum atomic E-state index is 16.1. The summed E-state index contributed by atoms with van der Waals surface area (Å²) in [6.45, 7) is 8.15. The fraction of sp³-hybridized carbons (Fsp3) is 0.265. The zero-order valence-electron chi connectivity index (χ0n) is 46.2. The molecule has 10 nitrogen and oxygen atoms in total. The normalized spacial score (nSPS) is 22.2. The van der Waals surface area contributed by atoms with Crippen LogP contribution in [0.25, 0.3) is 54.6 Å². The molecule has 0 radical (unpaired) electrons. The van der Waals surface area contributed by atoms with Crippen LogP contribution in [0, 0.1) is 33.5 Å². The summed E-state index contributed by atoms with van der Waals surface area (Å²) in [5.74, 6) is -0.894. The Morgan fingerprint density at radius 1 is 0.439 bits per heavy atom. The van der Waals surface area contributed by atoms with Crippen molar-refractivity contribution in [2.45, 2.75) is 66.2 Å². The van der Waals surface area contributed by atoms with Crippen molar-refractivity contribution in [3.63, 3.8) is 0 Å². The highest BCUT2D eigenvalue weighted by molar-refractivity contribution is 8.00. The third kappa shape index (κ3) is 7.76. The van der Waals surface area contributed by atoms with Gasteiger partial charge in [0.25, 0.3) is 20.0 Å². The van der Waals surface area contributed by atoms with E-state index in [1.165, 1.54) is 0 Å². The van der Waals surface area contributed by atoms with Crippen molar-refractivity contribution in [3.8, 4) is 11.1 Å². The third-order valence-electron chi connectivity index (χ3n) is 20.1. The number of sulfonamides is 2. The molecule has 414 valence electrons. The average Bonchev–Trinajstić information content (AvgIpc) is 2.02. The SMILES string of the molecule is CC1(C)C2CCC1(CS(=O)(=O)N=P(c1ccccc1)(c1ccccc1)c1oc3cc4ccccc4cc3c1-c1c(P(=NS(=O)(=O)CC34CCC(CC3=O)C4(C)C)(c3ccccc3)c3ccccc3)oc3cc4ccccc4cc13)C(=O)C2. The van der Waals surface area contributed by atoms with Crippen LogP contribution in [-0.4, -0.2) is 39.9 Å². The summed E-state index contributed by atoms with van der Waals surface area (Å²) in [4.78, 5) is 28.7. The van der Waals surface area contributed by atoms with Gasteiger partial charge >= 0.3 is 0 Å². The van der Waals surface area contributed by atoms with Crippen molar-refractivity contribution in [1.82, 2.24) is 0 Å². The Bertz CT molecular complexity index is 4270. The molecule has 4 unspecified atom stereocenters. The summed E-state index contributed by atoms with van der Waals surface area (Å²) >= 11 is 0. The van der Waals surface area contributed by atoms with Crippen LogP contribution in [0.15, 0.2) is 211 Å². The summed E-state index contributed by atoms with van der Waals surface area (Å²) in [7, 11) is -17.2. The smallest absolute Gasteiger partial charge is 0.253 e. The van der Waals surface area contributed by atoms with E-state index in [-0.39, 0.29) is 34.4 Å². The number of rotatable bonds is 13. The van der Waals surface area contributed by atoms with Gasteiger partial charge in [-0.05, 0) is 94.2 Å². The molecule has 14 heteroatoms. The molecule has 0 aliphatic heterocycles. The van der Waals surface area contributed by atoms with Crippen molar-refractivity contribution in [3.05, 3.63) is 194 Å². The fourth-order valence-electron chi connectivity index (χ4n) is 15.4. The second-order valence-corrected chi connectivity index (χ2v) is 34.1. The minimum Gasteiger partial charge on any atom is -0.453 e. The zero-order valence-corrected chi connectivity index (χ0v) is 49.6. The maximum absolute atomic E-state index is 16.1. The monoisotopic (exact) mass is 1160 g/mol. The largest absolute Gasteiger partial charge is 0.453 e. The lowest BCUT2D eigenvalue weighted by molar-refractivity contribution is -0.128. The summed E-state index contributed by atoms with van der Waals surface area (Å²) in [5.41, 5.74) is -1.10. The summed E-state index contributed by atoms with van der Waals surface area (Å²) < 4.78 is 90.4. The van der Waals surface area contributed by atoms with Crippen molar-refractivity contribution in [2.75, 3.05) is 11.5 Å². The van der Waals surface area contributed by atoms with E-state index in [0.717, 1.165) is 34.4 Å². The van der Waals surface area contributed by atoms with Gasteiger partial charge in [0.1, 0.15) is 36.8 Å². The van der Waals surface area contributed by atoms with Gasteiger partial charge in [-0.1, -0.05) is 198 Å². The molecule has 0 spiro atoms. The van der Waals surface area contributed by atoms with Gasteiger partial charge in [0.2, 0.25) is 0 Å². The van der Waals surface area contributed by atoms with Gasteiger partial charge in [-0.15, -0.1) is 0 Å². The van der Waals surface area contributed by atoms with Gasteiger partial charge < -0.3 is 8.83 Å². The van der Waals surface area contributed by atoms with Crippen LogP contribution in [-0.2, 0) is 29.6 Å². The Kier molecular flexibility index (Phi) is 12.2. The van der Waals surface area contributed by atoms with E-state index in [1.807, 2.05) is 210 Å². The van der Waals surface area contributed by atoms with E-state index < -0.39 is 67.3 Å². The number of furan rings is 2. The molecule has 4 bridgehead atoms. The van der Waals surface area contributed by atoms with E-state index in [2.05, 4.69) is 12.1 Å². The molecule has 82 heavy (non-hydrogen) atoms. The molecule has 10 aromatic rings. The van der Waals surface area contributed by atoms with E-state index in [0.29, 0.717) is 80.0 Å². The van der Waals surface area contributed by atoms with Gasteiger partial charge in [0.15, 0.2) is 11.0 Å². The number of nitrogens with zero attached hydrogens (tertiary/aromatic N) is 2. The quantitative estimate of drug-likeness (QED) is 0.103. The van der Waals surface area contributed by atoms with Crippen LogP contribution >= 0.6 is 14.1 Å². The molecular formula is C68H62N2O8P2S2. The Labute approximate surface area is 478 Å². The van der Waals surface area contributed by atoms with Crippen LogP contribution < -0.4 is 32.2 Å². The number of carbonyl (C=O) groups excluding carboxylic acids is 2. The first-order valence-corrected chi connectivity index (χ1v) is 35.0. The van der Waals surface area contributed by atoms with E-state index in [1.54, 1.807) is 0 Å². The zero-order chi connectivity index (χ0) is 56.7. The van der Waals surface area contributed by atoms with Gasteiger partial charge in [-0.2, -0.15) is 8.30 Å². The first kappa shape index (κ1) is 53.1. The van der Waals surface area contributed by atoms with Crippen LogP contribution in [0.4, 0.5) is 0 Å². The molecular weight excluding hydrogens is 1100 g/mol. The van der Waals surface area contributed by atoms with Crippen LogP contribution in [0.5, 0.6) is 0 Å². The average molecular weight is 1160 g/mol. The molecule has 4 saturated carbocycles. The lowest BCUT2D eigenvalue weighted by Gasteiger charge is -2.36. The molecule has 2 heterocycles. The molecule has 4 aliphatic rings. The topological polar surface area (TPSA) is 153 Å². The van der Waals surface area contributed by atoms with Crippen LogP contribution in [0.1, 0.15) is 66.2 Å². The van der Waals surface area contributed by atoms with Gasteiger partial charge in [-0.3, -0.25) is 9.59 Å². The summed E-state index contributed by atoms with van der Waals surface area (Å²) in [5, 5.41) is 7.11. The first-order valence-electron chi connectivity index (χ1n) is 28.3. The van der Waals surface area contributed by atoms with Crippen LogP contribution in [0.2, 0.25) is 0 Å². The van der Waals surface area contributed by atoms with Crippen LogP contribution in [0.3, 0.4) is 0 Å². The molecule has 0 saturated heterocycles. The molecule has 0 amide bonds. The fourth-order valence-corrected chi connectivity index (χ4v) is 29.0. The van der Waals surface area contributed by atoms with Crippen molar-refractivity contribution >= 4 is 121 Å². The second kappa shape index (κ2) is 18.8. The molecule has 4 aliphatic carbocycles. The Balaban J connectivity index is 1.18. The van der Waals surface area contributed by atoms with Crippen molar-refractivity contribution < 1.29 is 35.3 Å². The van der Waals surface area contributed by atoms with Crippen molar-refractivity contribution in [2.24, 2.45) is 41.8 Å². The van der Waals surface area contributed by atoms with Gasteiger partial charge in [-0.25, -0.2) is 16.8 Å². The Morgan fingerprint density at radius 3 is 1.01 bits per heavy atom. The molecule has 4 atom stereocenters. The number of ketones is 2. The van der Waals surface area contributed by atoms with E-state index in [4.69, 9.17) is 17.1 Å². The number of hydrogen-bond acceptors (Lipinski definition) is 8. The molecule has 0 N–H and O–H groups in total. The number of carbonyl (C=O) groups is 2. The Morgan fingerprint density at radius 2 is 0.732 bits per heavy atom. The van der Waals surface area contributed by atoms with Crippen molar-refractivity contribution in [1.29, 1.82) is 0 Å². The Hall–Kier alpha value is -6.94. The number of Topliss-reactive ketones (excluding diaryl/α,β-unsaturated/α-hetero) is 2. The highest BCUT2D eigenvalue weighted by atomic mass is 32.2. The standard InChI is InChI=1S/C68H62N2O8P2S2/c1-65(2)49-33-35-67(65,59(71)41-49)43-81(73,74)69-79(51-25-9-5-10-26-51,52-27-11-6-12-28-52)63-61(55-37-45-21-17-19-23-47(45)39-57(55)77-63)62-56-38-46-22-18-20-24-48(46)40-58(56)78-64(62)80(53-29-13-7-14-30-53,54-31-15-8-16-32-54)70-82(75,76)44-68-36-34-50(42-60(68)72)66(68,3)4/h5-32,37-40,49-50H,33-36,41-44H2,1-4H3. The maximum Gasteiger partial charge on any atom is 0.253 e. The lowest BCUT2D eigenvalue weighted by atomic mass is 9.70. The number of fused-ring (bicyclic) bond motifs is 8. The molecule has 4 fully saturated rings. The van der Waals surface area contributed by atoms with Gasteiger partial charge in [0.05, 0.1) is 22.3 Å². The predicted molar refractivity (Wildman–Crippen MR) is 333 cm³/mol. The summed E-state index contributed by atoms with van der Waals surface area (Å²) in [6, 6.07) is 61.9. The molecule has 14 rings (SSSR count). The number of benzene rings is 8. The number of hydrogen-bond donors (Lipinski definition) is 0. The third-order valence-corrected chi connectivity index (χ3v) is 31.7. The minimum absolute atomic E-state index is 0.0391. The van der Waals surface area contributed by atoms with E-state index in [9.17, 15) is 9.59 Å². The second-order valence-electron chi connectivity index (χ2n) is 24.5. The highest BCUT2D eigenvalue weighted by Gasteiger charge is 2.67. The molecule has 8 aromatic carbocycles. The lowest BCUT2D eigenvalue weighted by Crippen LogP contribution is -2.42. The predicted octanol–water partition coefficient (Wildman–Crippen LogP) is 13.6.